The second-order valence-electron chi connectivity index (χ2n) is 15.4. The molecule has 310 valence electrons. The number of imide groups is 1. The highest BCUT2D eigenvalue weighted by molar-refractivity contribution is 8.18. The van der Waals surface area contributed by atoms with Crippen LogP contribution in [0.25, 0.3) is 12.2 Å². The first-order valence-electron chi connectivity index (χ1n) is 20.0. The zero-order valence-electron chi connectivity index (χ0n) is 33.6. The van der Waals surface area contributed by atoms with Crippen LogP contribution in [0.15, 0.2) is 138 Å². The van der Waals surface area contributed by atoms with Crippen molar-refractivity contribution in [2.24, 2.45) is 5.92 Å². The number of halogens is 2. The highest BCUT2D eigenvalue weighted by Gasteiger charge is 2.42. The van der Waals surface area contributed by atoms with Gasteiger partial charge in [-0.2, -0.15) is 0 Å². The van der Waals surface area contributed by atoms with E-state index in [0.717, 1.165) is 40.6 Å². The smallest absolute Gasteiger partial charge is 0.290 e. The van der Waals surface area contributed by atoms with E-state index in [-0.39, 0.29) is 53.7 Å². The Morgan fingerprint density at radius 3 is 2.05 bits per heavy atom. The van der Waals surface area contributed by atoms with Crippen LogP contribution in [0.3, 0.4) is 0 Å². The molecule has 2 fully saturated rings. The average molecular weight is 839 g/mol. The van der Waals surface area contributed by atoms with Crippen molar-refractivity contribution in [1.82, 2.24) is 20.4 Å². The van der Waals surface area contributed by atoms with Gasteiger partial charge < -0.3 is 10.2 Å². The molecule has 61 heavy (non-hydrogen) atoms. The number of nitrogens with one attached hydrogen (secondary N) is 2. The summed E-state index contributed by atoms with van der Waals surface area (Å²) in [5, 5.41) is 4.80. The Kier molecular flexibility index (Phi) is 13.5. The largest absolute Gasteiger partial charge is 0.350 e. The lowest BCUT2D eigenvalue weighted by Gasteiger charge is -2.38. The number of ketones is 1. The van der Waals surface area contributed by atoms with Gasteiger partial charge in [0.1, 0.15) is 11.6 Å². The lowest BCUT2D eigenvalue weighted by atomic mass is 9.94. The first-order chi connectivity index (χ1) is 29.4. The summed E-state index contributed by atoms with van der Waals surface area (Å²) < 4.78 is 28.7. The Hall–Kier alpha value is -6.50. The topological polar surface area (TPSA) is 116 Å². The standard InChI is InChI=1S/C49H44F2N4O5S/c1-31(2)29-54(45(34-11-5-3-6-12-34)35-13-7-4-8-14-35)38-27-37(28-52-44(56)24-21-32-17-19-33(20-18-32)25-43-47(58)53-49(60)61-43)55(30-38)48(59)40-16-10-9-15-39(40)46(57)41-23-22-36(50)26-42(41)51/h3-26,31,37-38,45H,27-30H2,1-2H3,(H,52,56)(H,53,58,60)/b24-21+,43-25-/t37-,38+/m0/s1. The first-order valence-corrected chi connectivity index (χ1v) is 20.8. The fraction of sp³-hybridized carbons (Fsp3) is 0.204. The van der Waals surface area contributed by atoms with Crippen molar-refractivity contribution in [2.75, 3.05) is 19.6 Å². The fourth-order valence-electron chi connectivity index (χ4n) is 7.87. The molecule has 0 spiro atoms. The molecular weight excluding hydrogens is 795 g/mol. The molecule has 0 unspecified atom stereocenters. The van der Waals surface area contributed by atoms with E-state index in [0.29, 0.717) is 29.5 Å². The highest BCUT2D eigenvalue weighted by atomic mass is 32.2. The Balaban J connectivity index is 1.17. The SMILES string of the molecule is CC(C)CN(C(c1ccccc1)c1ccccc1)[C@@H]1C[C@@H](CNC(=O)/C=C/c2ccc(/C=C3\SC(=O)NC3=O)cc2)N(C(=O)c2ccccc2C(=O)c2ccc(F)cc2F)C1. The van der Waals surface area contributed by atoms with Crippen LogP contribution in [0.4, 0.5) is 13.6 Å². The third-order valence-corrected chi connectivity index (χ3v) is 11.5. The van der Waals surface area contributed by atoms with E-state index in [1.54, 1.807) is 53.5 Å². The zero-order valence-corrected chi connectivity index (χ0v) is 34.4. The summed E-state index contributed by atoms with van der Waals surface area (Å²) in [5.74, 6) is -3.61. The number of amides is 4. The average Bonchev–Trinajstić information content (AvgIpc) is 3.83. The monoisotopic (exact) mass is 838 g/mol. The lowest BCUT2D eigenvalue weighted by Crippen LogP contribution is -2.44. The minimum atomic E-state index is -1.03. The number of hydrogen-bond acceptors (Lipinski definition) is 7. The summed E-state index contributed by atoms with van der Waals surface area (Å²) in [7, 11) is 0. The number of benzene rings is 5. The predicted octanol–water partition coefficient (Wildman–Crippen LogP) is 8.68. The summed E-state index contributed by atoms with van der Waals surface area (Å²) >= 11 is 0.835. The number of rotatable bonds is 14. The fourth-order valence-corrected chi connectivity index (χ4v) is 8.56. The molecule has 2 N–H and O–H groups in total. The second-order valence-corrected chi connectivity index (χ2v) is 16.4. The summed E-state index contributed by atoms with van der Waals surface area (Å²) in [6.07, 6.45) is 5.17. The Morgan fingerprint density at radius 1 is 0.820 bits per heavy atom. The maximum absolute atomic E-state index is 14.9. The van der Waals surface area contributed by atoms with Gasteiger partial charge in [0.2, 0.25) is 5.91 Å². The van der Waals surface area contributed by atoms with Crippen LogP contribution < -0.4 is 10.6 Å². The van der Waals surface area contributed by atoms with E-state index in [9.17, 15) is 32.8 Å². The summed E-state index contributed by atoms with van der Waals surface area (Å²) in [6.45, 7) is 5.39. The minimum Gasteiger partial charge on any atom is -0.350 e. The molecular formula is C49H44F2N4O5S. The van der Waals surface area contributed by atoms with Crippen LogP contribution in [0.5, 0.6) is 0 Å². The van der Waals surface area contributed by atoms with Crippen molar-refractivity contribution < 1.29 is 32.8 Å². The third-order valence-electron chi connectivity index (χ3n) is 10.7. The molecule has 5 aromatic rings. The van der Waals surface area contributed by atoms with Gasteiger partial charge >= 0.3 is 0 Å². The molecule has 0 aliphatic carbocycles. The van der Waals surface area contributed by atoms with Crippen LogP contribution in [-0.2, 0) is 9.59 Å². The summed E-state index contributed by atoms with van der Waals surface area (Å²) in [5.41, 5.74) is 3.34. The lowest BCUT2D eigenvalue weighted by molar-refractivity contribution is -0.117. The van der Waals surface area contributed by atoms with Crippen molar-refractivity contribution in [3.63, 3.8) is 0 Å². The highest BCUT2D eigenvalue weighted by Crippen LogP contribution is 2.36. The zero-order chi connectivity index (χ0) is 43.0. The van der Waals surface area contributed by atoms with Crippen LogP contribution in [-0.4, -0.2) is 70.3 Å². The van der Waals surface area contributed by atoms with Gasteiger partial charge in [0.15, 0.2) is 5.78 Å². The molecule has 9 nitrogen and oxygen atoms in total. The first kappa shape index (κ1) is 42.6. The Morgan fingerprint density at radius 2 is 1.44 bits per heavy atom. The van der Waals surface area contributed by atoms with Crippen molar-refractivity contribution in [3.05, 3.63) is 189 Å². The van der Waals surface area contributed by atoms with Gasteiger partial charge in [0.25, 0.3) is 17.1 Å². The van der Waals surface area contributed by atoms with Gasteiger partial charge in [-0.3, -0.25) is 34.2 Å². The van der Waals surface area contributed by atoms with Gasteiger partial charge in [-0.1, -0.05) is 117 Å². The van der Waals surface area contributed by atoms with E-state index in [1.165, 1.54) is 18.2 Å². The molecule has 2 aliphatic rings. The normalized spacial score (nSPS) is 17.2. The van der Waals surface area contributed by atoms with E-state index < -0.39 is 40.5 Å². The third kappa shape index (κ3) is 10.3. The van der Waals surface area contributed by atoms with Gasteiger partial charge in [0, 0.05) is 43.4 Å². The van der Waals surface area contributed by atoms with Crippen molar-refractivity contribution >= 4 is 52.7 Å². The molecule has 12 heteroatoms. The van der Waals surface area contributed by atoms with Crippen LogP contribution >= 0.6 is 11.8 Å². The van der Waals surface area contributed by atoms with Crippen LogP contribution in [0.1, 0.15) is 74.8 Å². The number of nitrogens with zero attached hydrogens (tertiary/aromatic N) is 2. The molecule has 0 bridgehead atoms. The maximum Gasteiger partial charge on any atom is 0.290 e. The predicted molar refractivity (Wildman–Crippen MR) is 233 cm³/mol. The number of thioether (sulfide) groups is 1. The van der Waals surface area contributed by atoms with E-state index in [2.05, 4.69) is 53.6 Å². The Labute approximate surface area is 357 Å². The van der Waals surface area contributed by atoms with Gasteiger partial charge in [0.05, 0.1) is 28.1 Å². The maximum atomic E-state index is 14.9. The summed E-state index contributed by atoms with van der Waals surface area (Å²) in [4.78, 5) is 69.9. The molecule has 2 atom stereocenters. The Bertz CT molecular complexity index is 2450. The van der Waals surface area contributed by atoms with E-state index in [4.69, 9.17) is 0 Å². The van der Waals surface area contributed by atoms with Crippen molar-refractivity contribution in [3.8, 4) is 0 Å². The molecule has 5 aromatic carbocycles. The molecule has 7 rings (SSSR count). The number of likely N-dealkylation sites (tertiary alicyclic amines) is 1. The summed E-state index contributed by atoms with van der Waals surface area (Å²) in [6, 6.07) is 35.7. The molecule has 2 aliphatic heterocycles. The van der Waals surface area contributed by atoms with E-state index >= 15 is 0 Å². The van der Waals surface area contributed by atoms with Gasteiger partial charge in [-0.25, -0.2) is 8.78 Å². The molecule has 0 saturated carbocycles. The quantitative estimate of drug-likeness (QED) is 0.0850. The molecule has 0 aromatic heterocycles. The van der Waals surface area contributed by atoms with E-state index in [1.807, 2.05) is 36.4 Å². The van der Waals surface area contributed by atoms with Crippen molar-refractivity contribution in [1.29, 1.82) is 0 Å². The molecule has 4 amide bonds. The molecule has 2 heterocycles. The second kappa shape index (κ2) is 19.3. The van der Waals surface area contributed by atoms with Crippen LogP contribution in [0, 0.1) is 17.6 Å². The van der Waals surface area contributed by atoms with Crippen LogP contribution in [0.2, 0.25) is 0 Å². The molecule has 0 radical (unpaired) electrons. The van der Waals surface area contributed by atoms with Crippen molar-refractivity contribution in [2.45, 2.75) is 38.4 Å². The number of carbonyl (C=O) groups is 5. The minimum absolute atomic E-state index is 0.0152. The van der Waals surface area contributed by atoms with Gasteiger partial charge in [-0.05, 0) is 76.7 Å². The van der Waals surface area contributed by atoms with Gasteiger partial charge in [-0.15, -0.1) is 0 Å². The molecule has 2 saturated heterocycles. The number of hydrogen-bond donors (Lipinski definition) is 2. The number of carbonyl (C=O) groups excluding carboxylic acids is 5.